The minimum Gasteiger partial charge on any atom is -0.399 e. The summed E-state index contributed by atoms with van der Waals surface area (Å²) in [4.78, 5) is 0. The molecule has 0 amide bonds. The largest absolute Gasteiger partial charge is 0.399 e. The topological polar surface area (TPSA) is 55.9 Å². The number of aromatic nitrogens is 2. The van der Waals surface area contributed by atoms with E-state index in [1.165, 1.54) is 0 Å². The molecule has 0 bridgehead atoms. The molecule has 5 heteroatoms. The van der Waals surface area contributed by atoms with Gasteiger partial charge in [0.25, 0.3) is 0 Å². The van der Waals surface area contributed by atoms with Crippen molar-refractivity contribution >= 4 is 27.3 Å². The SMILES string of the molecule is Cn1nccc1CNc1ccc(N)cc1Br. The fraction of sp³-hybridized carbons (Fsp3) is 0.182. The van der Waals surface area contributed by atoms with Gasteiger partial charge in [-0.1, -0.05) is 0 Å². The minimum atomic E-state index is 0.735. The smallest absolute Gasteiger partial charge is 0.0571 e. The van der Waals surface area contributed by atoms with Crippen LogP contribution in [0.1, 0.15) is 5.69 Å². The molecular formula is C11H13BrN4. The van der Waals surface area contributed by atoms with Crippen LogP contribution in [0.4, 0.5) is 11.4 Å². The van der Waals surface area contributed by atoms with E-state index in [-0.39, 0.29) is 0 Å². The van der Waals surface area contributed by atoms with Crippen molar-refractivity contribution in [3.63, 3.8) is 0 Å². The summed E-state index contributed by atoms with van der Waals surface area (Å²) in [5, 5.41) is 7.43. The van der Waals surface area contributed by atoms with Crippen molar-refractivity contribution in [2.45, 2.75) is 6.54 Å². The highest BCUT2D eigenvalue weighted by Crippen LogP contribution is 2.24. The molecule has 3 N–H and O–H groups in total. The van der Waals surface area contributed by atoms with Crippen LogP contribution in [0.2, 0.25) is 0 Å². The zero-order valence-electron chi connectivity index (χ0n) is 8.94. The van der Waals surface area contributed by atoms with Gasteiger partial charge in [0, 0.05) is 29.1 Å². The third-order valence-corrected chi connectivity index (χ3v) is 3.03. The highest BCUT2D eigenvalue weighted by Gasteiger charge is 2.01. The number of aryl methyl sites for hydroxylation is 1. The molecule has 4 nitrogen and oxygen atoms in total. The average molecular weight is 281 g/mol. The number of nitrogens with two attached hydrogens (primary N) is 1. The Bertz CT molecular complexity index is 492. The molecule has 0 saturated carbocycles. The molecular weight excluding hydrogens is 268 g/mol. The Balaban J connectivity index is 2.08. The molecule has 1 aromatic heterocycles. The van der Waals surface area contributed by atoms with Crippen LogP contribution in [0.3, 0.4) is 0 Å². The molecule has 16 heavy (non-hydrogen) atoms. The van der Waals surface area contributed by atoms with Crippen LogP contribution in [-0.4, -0.2) is 9.78 Å². The fourth-order valence-electron chi connectivity index (χ4n) is 1.44. The molecule has 1 aromatic carbocycles. The third kappa shape index (κ3) is 2.36. The molecule has 2 rings (SSSR count). The first-order valence-electron chi connectivity index (χ1n) is 4.92. The van der Waals surface area contributed by atoms with E-state index >= 15 is 0 Å². The van der Waals surface area contributed by atoms with Gasteiger partial charge < -0.3 is 11.1 Å². The first-order valence-corrected chi connectivity index (χ1v) is 5.72. The van der Waals surface area contributed by atoms with Gasteiger partial charge >= 0.3 is 0 Å². The second kappa shape index (κ2) is 4.57. The van der Waals surface area contributed by atoms with E-state index in [1.807, 2.05) is 36.0 Å². The van der Waals surface area contributed by atoms with Crippen LogP contribution < -0.4 is 11.1 Å². The van der Waals surface area contributed by atoms with Gasteiger partial charge in [0.2, 0.25) is 0 Å². The van der Waals surface area contributed by atoms with E-state index < -0.39 is 0 Å². The van der Waals surface area contributed by atoms with E-state index in [1.54, 1.807) is 6.20 Å². The summed E-state index contributed by atoms with van der Waals surface area (Å²) in [7, 11) is 1.93. The number of nitrogens with one attached hydrogen (secondary N) is 1. The molecule has 0 aliphatic rings. The summed E-state index contributed by atoms with van der Waals surface area (Å²) in [6.45, 7) is 0.735. The summed E-state index contributed by atoms with van der Waals surface area (Å²) < 4.78 is 2.81. The van der Waals surface area contributed by atoms with Gasteiger partial charge in [0.05, 0.1) is 12.2 Å². The maximum atomic E-state index is 5.67. The van der Waals surface area contributed by atoms with Crippen LogP contribution >= 0.6 is 15.9 Å². The summed E-state index contributed by atoms with van der Waals surface area (Å²) >= 11 is 3.46. The number of halogens is 1. The normalized spacial score (nSPS) is 10.4. The lowest BCUT2D eigenvalue weighted by molar-refractivity contribution is 0.720. The molecule has 0 spiro atoms. The van der Waals surface area contributed by atoms with E-state index in [0.717, 1.165) is 28.1 Å². The Kier molecular flexibility index (Phi) is 3.14. The van der Waals surface area contributed by atoms with Crippen molar-refractivity contribution in [1.82, 2.24) is 9.78 Å². The Morgan fingerprint density at radius 2 is 2.25 bits per heavy atom. The molecule has 0 aliphatic heterocycles. The maximum Gasteiger partial charge on any atom is 0.0571 e. The highest BCUT2D eigenvalue weighted by atomic mass is 79.9. The zero-order chi connectivity index (χ0) is 11.5. The first-order chi connectivity index (χ1) is 7.66. The van der Waals surface area contributed by atoms with Gasteiger partial charge in [-0.05, 0) is 40.2 Å². The summed E-state index contributed by atoms with van der Waals surface area (Å²) in [5.74, 6) is 0. The van der Waals surface area contributed by atoms with Crippen molar-refractivity contribution in [1.29, 1.82) is 0 Å². The molecule has 0 aliphatic carbocycles. The minimum absolute atomic E-state index is 0.735. The second-order valence-electron chi connectivity index (χ2n) is 3.54. The molecule has 0 atom stereocenters. The first kappa shape index (κ1) is 11.0. The molecule has 1 heterocycles. The summed E-state index contributed by atoms with van der Waals surface area (Å²) in [6, 6.07) is 7.69. The van der Waals surface area contributed by atoms with Crippen LogP contribution in [0.5, 0.6) is 0 Å². The van der Waals surface area contributed by atoms with E-state index in [9.17, 15) is 0 Å². The van der Waals surface area contributed by atoms with Gasteiger partial charge in [-0.2, -0.15) is 5.10 Å². The van der Waals surface area contributed by atoms with Gasteiger partial charge in [0.1, 0.15) is 0 Å². The molecule has 0 unspecified atom stereocenters. The molecule has 0 fully saturated rings. The summed E-state index contributed by atoms with van der Waals surface area (Å²) in [6.07, 6.45) is 1.79. The van der Waals surface area contributed by atoms with E-state index in [0.29, 0.717) is 0 Å². The Morgan fingerprint density at radius 3 is 2.88 bits per heavy atom. The van der Waals surface area contributed by atoms with Crippen molar-refractivity contribution < 1.29 is 0 Å². The molecule has 0 radical (unpaired) electrons. The summed E-state index contributed by atoms with van der Waals surface area (Å²) in [5.41, 5.74) is 8.57. The predicted molar refractivity (Wildman–Crippen MR) is 69.1 cm³/mol. The lowest BCUT2D eigenvalue weighted by Crippen LogP contribution is -2.05. The lowest BCUT2D eigenvalue weighted by atomic mass is 10.3. The molecule has 2 aromatic rings. The van der Waals surface area contributed by atoms with E-state index in [4.69, 9.17) is 5.73 Å². The Labute approximate surface area is 103 Å². The Morgan fingerprint density at radius 1 is 1.44 bits per heavy atom. The van der Waals surface area contributed by atoms with Crippen LogP contribution in [0.15, 0.2) is 34.9 Å². The van der Waals surface area contributed by atoms with Gasteiger partial charge in [-0.15, -0.1) is 0 Å². The predicted octanol–water partition coefficient (Wildman–Crippen LogP) is 2.38. The zero-order valence-corrected chi connectivity index (χ0v) is 10.5. The number of nitrogens with zero attached hydrogens (tertiary/aromatic N) is 2. The average Bonchev–Trinajstić information content (AvgIpc) is 2.63. The standard InChI is InChI=1S/C11H13BrN4/c1-16-9(4-5-15-16)7-14-11-3-2-8(13)6-10(11)12/h2-6,14H,7,13H2,1H3. The monoisotopic (exact) mass is 280 g/mol. The van der Waals surface area contributed by atoms with E-state index in [2.05, 4.69) is 26.3 Å². The number of benzene rings is 1. The highest BCUT2D eigenvalue weighted by molar-refractivity contribution is 9.10. The van der Waals surface area contributed by atoms with Crippen molar-refractivity contribution in [2.24, 2.45) is 7.05 Å². The quantitative estimate of drug-likeness (QED) is 0.849. The van der Waals surface area contributed by atoms with Crippen molar-refractivity contribution in [2.75, 3.05) is 11.1 Å². The van der Waals surface area contributed by atoms with Gasteiger partial charge in [0.15, 0.2) is 0 Å². The molecule has 0 saturated heterocycles. The number of nitrogen functional groups attached to an aromatic ring is 1. The maximum absolute atomic E-state index is 5.67. The van der Waals surface area contributed by atoms with Crippen LogP contribution in [-0.2, 0) is 13.6 Å². The second-order valence-corrected chi connectivity index (χ2v) is 4.39. The van der Waals surface area contributed by atoms with Gasteiger partial charge in [-0.3, -0.25) is 4.68 Å². The van der Waals surface area contributed by atoms with Crippen LogP contribution in [0, 0.1) is 0 Å². The van der Waals surface area contributed by atoms with Crippen molar-refractivity contribution in [3.8, 4) is 0 Å². The lowest BCUT2D eigenvalue weighted by Gasteiger charge is -2.09. The van der Waals surface area contributed by atoms with Crippen LogP contribution in [0.25, 0.3) is 0 Å². The Hall–Kier alpha value is -1.49. The third-order valence-electron chi connectivity index (χ3n) is 2.38. The number of hydrogen-bond acceptors (Lipinski definition) is 3. The van der Waals surface area contributed by atoms with Gasteiger partial charge in [-0.25, -0.2) is 0 Å². The van der Waals surface area contributed by atoms with Crippen molar-refractivity contribution in [3.05, 3.63) is 40.6 Å². The number of rotatable bonds is 3. The number of anilines is 2. The fourth-order valence-corrected chi connectivity index (χ4v) is 1.97. The number of hydrogen-bond donors (Lipinski definition) is 2. The molecule has 84 valence electrons.